The number of aromatic nitrogens is 3. The Bertz CT molecular complexity index is 1220. The lowest BCUT2D eigenvalue weighted by Crippen LogP contribution is -2.37. The van der Waals surface area contributed by atoms with Gasteiger partial charge < -0.3 is 10.1 Å². The zero-order valence-electron chi connectivity index (χ0n) is 18.4. The lowest BCUT2D eigenvalue weighted by molar-refractivity contribution is 0.0933. The van der Waals surface area contributed by atoms with Gasteiger partial charge in [-0.15, -0.1) is 11.3 Å². The summed E-state index contributed by atoms with van der Waals surface area (Å²) < 4.78 is 6.36. The monoisotopic (exact) mass is 459 g/mol. The van der Waals surface area contributed by atoms with Crippen molar-refractivity contribution in [1.82, 2.24) is 25.2 Å². The number of ether oxygens (including phenoxy) is 1. The van der Waals surface area contributed by atoms with E-state index < -0.39 is 0 Å². The number of carbonyl (C=O) groups excluding carboxylic acids is 1. The Morgan fingerprint density at radius 2 is 1.85 bits per heavy atom. The Kier molecular flexibility index (Phi) is 6.28. The highest BCUT2D eigenvalue weighted by atomic mass is 32.1. The third kappa shape index (κ3) is 4.58. The van der Waals surface area contributed by atoms with E-state index in [1.807, 2.05) is 36.4 Å². The molecule has 2 aromatic carbocycles. The van der Waals surface area contributed by atoms with Crippen LogP contribution in [0.2, 0.25) is 0 Å². The van der Waals surface area contributed by atoms with Crippen LogP contribution in [-0.4, -0.2) is 52.5 Å². The molecule has 3 heterocycles. The van der Waals surface area contributed by atoms with Crippen molar-refractivity contribution in [2.45, 2.75) is 18.9 Å². The summed E-state index contributed by atoms with van der Waals surface area (Å²) in [5, 5.41) is 3.80. The summed E-state index contributed by atoms with van der Waals surface area (Å²) in [6, 6.07) is 16.1. The molecule has 168 valence electrons. The molecule has 4 aromatic rings. The number of hydrogen-bond acceptors (Lipinski definition) is 7. The summed E-state index contributed by atoms with van der Waals surface area (Å²) in [6.45, 7) is 2.53. The van der Waals surface area contributed by atoms with E-state index in [4.69, 9.17) is 4.74 Å². The Morgan fingerprint density at radius 3 is 2.61 bits per heavy atom. The fraction of sp³-hybridized carbons (Fsp3) is 0.280. The first-order valence-electron chi connectivity index (χ1n) is 11.1. The molecular formula is C25H25N5O2S. The fourth-order valence-corrected chi connectivity index (χ4v) is 5.21. The number of fused-ring (bicyclic) bond motifs is 1. The molecule has 2 aromatic heterocycles. The SMILES string of the molecule is COc1ccc([C@H](CNC(=O)c2nccnc2-c2nc3ccccc3s2)N2CCCC2)cc1. The Labute approximate surface area is 196 Å². The van der Waals surface area contributed by atoms with Crippen LogP contribution in [0.4, 0.5) is 0 Å². The van der Waals surface area contributed by atoms with Gasteiger partial charge in [0.05, 0.1) is 23.4 Å². The van der Waals surface area contributed by atoms with Crippen molar-refractivity contribution in [3.05, 3.63) is 72.2 Å². The molecule has 1 N–H and O–H groups in total. The van der Waals surface area contributed by atoms with Crippen molar-refractivity contribution in [2.24, 2.45) is 0 Å². The number of nitrogens with one attached hydrogen (secondary N) is 1. The van der Waals surface area contributed by atoms with Crippen LogP contribution in [0, 0.1) is 0 Å². The van der Waals surface area contributed by atoms with Crippen LogP contribution in [0.15, 0.2) is 60.9 Å². The van der Waals surface area contributed by atoms with E-state index in [-0.39, 0.29) is 11.9 Å². The van der Waals surface area contributed by atoms with Crippen molar-refractivity contribution < 1.29 is 9.53 Å². The van der Waals surface area contributed by atoms with E-state index in [0.717, 1.165) is 34.6 Å². The Hall–Kier alpha value is -3.36. The van der Waals surface area contributed by atoms with Crippen LogP contribution in [0.25, 0.3) is 20.9 Å². The molecule has 33 heavy (non-hydrogen) atoms. The molecule has 1 aliphatic rings. The zero-order chi connectivity index (χ0) is 22.6. The van der Waals surface area contributed by atoms with Gasteiger partial charge >= 0.3 is 0 Å². The number of carbonyl (C=O) groups is 1. The van der Waals surface area contributed by atoms with Crippen LogP contribution < -0.4 is 10.1 Å². The Morgan fingerprint density at radius 1 is 1.09 bits per heavy atom. The average molecular weight is 460 g/mol. The molecule has 1 atom stereocenters. The maximum absolute atomic E-state index is 13.2. The van der Waals surface area contributed by atoms with Crippen molar-refractivity contribution in [2.75, 3.05) is 26.7 Å². The van der Waals surface area contributed by atoms with Crippen molar-refractivity contribution in [1.29, 1.82) is 0 Å². The van der Waals surface area contributed by atoms with Gasteiger partial charge in [0.15, 0.2) is 5.69 Å². The second kappa shape index (κ2) is 9.64. The quantitative estimate of drug-likeness (QED) is 0.443. The molecular weight excluding hydrogens is 434 g/mol. The predicted molar refractivity (Wildman–Crippen MR) is 130 cm³/mol. The summed E-state index contributed by atoms with van der Waals surface area (Å²) in [5.74, 6) is 0.582. The summed E-state index contributed by atoms with van der Waals surface area (Å²) >= 11 is 1.51. The van der Waals surface area contributed by atoms with Crippen LogP contribution in [-0.2, 0) is 0 Å². The van der Waals surface area contributed by atoms with E-state index in [1.54, 1.807) is 19.5 Å². The molecule has 7 nitrogen and oxygen atoms in total. The highest BCUT2D eigenvalue weighted by molar-refractivity contribution is 7.21. The minimum atomic E-state index is -0.241. The third-order valence-electron chi connectivity index (χ3n) is 5.95. The van der Waals surface area contributed by atoms with Gasteiger partial charge in [0.2, 0.25) is 0 Å². The van der Waals surface area contributed by atoms with Gasteiger partial charge in [-0.3, -0.25) is 9.69 Å². The number of rotatable bonds is 7. The van der Waals surface area contributed by atoms with Crippen LogP contribution in [0.5, 0.6) is 5.75 Å². The van der Waals surface area contributed by atoms with Crippen LogP contribution in [0.1, 0.15) is 34.9 Å². The molecule has 1 saturated heterocycles. The van der Waals surface area contributed by atoms with Crippen LogP contribution in [0.3, 0.4) is 0 Å². The third-order valence-corrected chi connectivity index (χ3v) is 6.99. The number of likely N-dealkylation sites (tertiary alicyclic amines) is 1. The molecule has 1 fully saturated rings. The second-order valence-corrected chi connectivity index (χ2v) is 9.01. The van der Waals surface area contributed by atoms with Gasteiger partial charge in [-0.1, -0.05) is 24.3 Å². The van der Waals surface area contributed by atoms with Gasteiger partial charge in [-0.25, -0.2) is 15.0 Å². The highest BCUT2D eigenvalue weighted by Crippen LogP contribution is 2.30. The molecule has 1 aliphatic heterocycles. The number of hydrogen-bond donors (Lipinski definition) is 1. The smallest absolute Gasteiger partial charge is 0.272 e. The highest BCUT2D eigenvalue weighted by Gasteiger charge is 2.25. The molecule has 1 amide bonds. The predicted octanol–water partition coefficient (Wildman–Crippen LogP) is 4.33. The molecule has 0 saturated carbocycles. The van der Waals surface area contributed by atoms with Gasteiger partial charge in [0.1, 0.15) is 16.5 Å². The van der Waals surface area contributed by atoms with E-state index in [9.17, 15) is 4.79 Å². The minimum Gasteiger partial charge on any atom is -0.497 e. The van der Waals surface area contributed by atoms with E-state index in [1.165, 1.54) is 24.2 Å². The number of para-hydroxylation sites is 1. The second-order valence-electron chi connectivity index (χ2n) is 7.98. The first-order chi connectivity index (χ1) is 16.2. The fourth-order valence-electron chi connectivity index (χ4n) is 4.24. The summed E-state index contributed by atoms with van der Waals surface area (Å²) in [5.41, 5.74) is 2.86. The average Bonchev–Trinajstić information content (AvgIpc) is 3.55. The molecule has 0 radical (unpaired) electrons. The number of thiazole rings is 1. The van der Waals surface area contributed by atoms with Crippen molar-refractivity contribution in [3.8, 4) is 16.5 Å². The van der Waals surface area contributed by atoms with Crippen molar-refractivity contribution >= 4 is 27.5 Å². The van der Waals surface area contributed by atoms with Crippen molar-refractivity contribution in [3.63, 3.8) is 0 Å². The number of amides is 1. The largest absolute Gasteiger partial charge is 0.497 e. The van der Waals surface area contributed by atoms with Gasteiger partial charge in [-0.2, -0.15) is 0 Å². The first-order valence-corrected chi connectivity index (χ1v) is 11.9. The summed E-state index contributed by atoms with van der Waals surface area (Å²) in [4.78, 5) is 29.1. The van der Waals surface area contributed by atoms with Gasteiger partial charge in [-0.05, 0) is 55.8 Å². The van der Waals surface area contributed by atoms with Gasteiger partial charge in [0.25, 0.3) is 5.91 Å². The first kappa shape index (κ1) is 21.5. The van der Waals surface area contributed by atoms with E-state index in [0.29, 0.717) is 22.9 Å². The molecule has 0 aliphatic carbocycles. The topological polar surface area (TPSA) is 80.2 Å². The molecule has 5 rings (SSSR count). The summed E-state index contributed by atoms with van der Waals surface area (Å²) in [6.07, 6.45) is 5.49. The van der Waals surface area contributed by atoms with Crippen LogP contribution >= 0.6 is 11.3 Å². The maximum Gasteiger partial charge on any atom is 0.272 e. The molecule has 8 heteroatoms. The lowest BCUT2D eigenvalue weighted by Gasteiger charge is -2.28. The summed E-state index contributed by atoms with van der Waals surface area (Å²) in [7, 11) is 1.66. The number of benzene rings is 2. The standard InChI is InChI=1S/C25H25N5O2S/c1-32-18-10-8-17(9-11-18)20(30-14-4-5-15-30)16-28-24(31)22-23(27-13-12-26-22)25-29-19-6-2-3-7-21(19)33-25/h2-3,6-13,20H,4-5,14-16H2,1H3,(H,28,31)/t20-/m0/s1. The molecule has 0 bridgehead atoms. The van der Waals surface area contributed by atoms with E-state index in [2.05, 4.69) is 37.3 Å². The number of methoxy groups -OCH3 is 1. The maximum atomic E-state index is 13.2. The molecule has 0 unspecified atom stereocenters. The normalized spacial score (nSPS) is 14.9. The van der Waals surface area contributed by atoms with Gasteiger partial charge in [0, 0.05) is 18.9 Å². The Balaban J connectivity index is 1.38. The van der Waals surface area contributed by atoms with E-state index >= 15 is 0 Å². The zero-order valence-corrected chi connectivity index (χ0v) is 19.2. The minimum absolute atomic E-state index is 0.0879. The lowest BCUT2D eigenvalue weighted by atomic mass is 10.0. The number of nitrogens with zero attached hydrogens (tertiary/aromatic N) is 4. The molecule has 0 spiro atoms.